The van der Waals surface area contributed by atoms with Crippen LogP contribution in [0.5, 0.6) is 5.75 Å². The fraction of sp³-hybridized carbons (Fsp3) is 0.467. The van der Waals surface area contributed by atoms with Crippen molar-refractivity contribution in [2.75, 3.05) is 19.4 Å². The van der Waals surface area contributed by atoms with E-state index in [4.69, 9.17) is 4.74 Å². The molecule has 0 radical (unpaired) electrons. The molecule has 1 aromatic rings. The summed E-state index contributed by atoms with van der Waals surface area (Å²) >= 11 is 0. The van der Waals surface area contributed by atoms with Gasteiger partial charge in [0.2, 0.25) is 21.8 Å². The number of sulfonamides is 1. The van der Waals surface area contributed by atoms with E-state index in [0.29, 0.717) is 13.0 Å². The Morgan fingerprint density at radius 2 is 2.13 bits per heavy atom. The zero-order chi connectivity index (χ0) is 16.6. The maximum Gasteiger partial charge on any atom is 0.247 e. The highest BCUT2D eigenvalue weighted by Gasteiger charge is 2.38. The minimum absolute atomic E-state index is 0.120. The third-order valence-electron chi connectivity index (χ3n) is 4.12. The highest BCUT2D eigenvalue weighted by Crippen LogP contribution is 2.26. The Labute approximate surface area is 134 Å². The Hall–Kier alpha value is -1.93. The molecule has 124 valence electrons. The average molecular weight is 338 g/mol. The molecule has 2 aliphatic rings. The van der Waals surface area contributed by atoms with Gasteiger partial charge in [0.1, 0.15) is 11.8 Å². The number of aryl methyl sites for hydroxylation is 1. The van der Waals surface area contributed by atoms with Crippen LogP contribution in [0.2, 0.25) is 0 Å². The van der Waals surface area contributed by atoms with Crippen LogP contribution in [0, 0.1) is 0 Å². The molecule has 2 aliphatic heterocycles. The number of carbonyl (C=O) groups is 2. The minimum Gasteiger partial charge on any atom is -0.493 e. The van der Waals surface area contributed by atoms with Crippen LogP contribution in [0.1, 0.15) is 17.5 Å². The number of rotatable bonds is 5. The molecule has 2 heterocycles. The predicted molar refractivity (Wildman–Crippen MR) is 82.4 cm³/mol. The number of likely N-dealkylation sites (tertiary alicyclic amines) is 1. The molecule has 0 bridgehead atoms. The Morgan fingerprint density at radius 3 is 2.83 bits per heavy atom. The van der Waals surface area contributed by atoms with Gasteiger partial charge in [-0.05, 0) is 23.6 Å². The fourth-order valence-electron chi connectivity index (χ4n) is 2.77. The summed E-state index contributed by atoms with van der Waals surface area (Å²) in [5.74, 6) is -0.156. The molecule has 8 heteroatoms. The van der Waals surface area contributed by atoms with Gasteiger partial charge in [-0.1, -0.05) is 12.1 Å². The van der Waals surface area contributed by atoms with Gasteiger partial charge in [0, 0.05) is 13.5 Å². The molecule has 1 saturated heterocycles. The lowest BCUT2D eigenvalue weighted by molar-refractivity contribution is -0.137. The van der Waals surface area contributed by atoms with E-state index in [1.54, 1.807) is 0 Å². The van der Waals surface area contributed by atoms with Crippen molar-refractivity contribution in [3.05, 3.63) is 29.3 Å². The van der Waals surface area contributed by atoms with Crippen molar-refractivity contribution in [3.8, 4) is 5.75 Å². The quantitative estimate of drug-likeness (QED) is 0.753. The highest BCUT2D eigenvalue weighted by molar-refractivity contribution is 7.89. The average Bonchev–Trinajstić information content (AvgIpc) is 3.06. The predicted octanol–water partition coefficient (Wildman–Crippen LogP) is -0.159. The largest absolute Gasteiger partial charge is 0.493 e. The van der Waals surface area contributed by atoms with E-state index >= 15 is 0 Å². The summed E-state index contributed by atoms with van der Waals surface area (Å²) in [6, 6.07) is 4.67. The number of likely N-dealkylation sites (N-methyl/N-ethyl adjacent to an activating group) is 1. The third-order valence-corrected chi connectivity index (χ3v) is 5.50. The number of carbonyl (C=O) groups excluding carboxylic acids is 2. The lowest BCUT2D eigenvalue weighted by atomic mass is 10.1. The molecule has 1 N–H and O–H groups in total. The molecular weight excluding hydrogens is 320 g/mol. The molecule has 23 heavy (non-hydrogen) atoms. The molecule has 0 aromatic heterocycles. The van der Waals surface area contributed by atoms with E-state index in [-0.39, 0.29) is 18.1 Å². The summed E-state index contributed by atoms with van der Waals surface area (Å²) in [5, 5.41) is 0. The Bertz CT molecular complexity index is 759. The maximum atomic E-state index is 12.1. The number of nitrogens with zero attached hydrogens (tertiary/aromatic N) is 1. The highest BCUT2D eigenvalue weighted by atomic mass is 32.2. The number of nitrogens with one attached hydrogen (secondary N) is 1. The van der Waals surface area contributed by atoms with E-state index in [1.807, 2.05) is 18.2 Å². The Balaban J connectivity index is 1.61. The summed E-state index contributed by atoms with van der Waals surface area (Å²) in [6.07, 6.45) is 1.05. The maximum absolute atomic E-state index is 12.1. The van der Waals surface area contributed by atoms with Crippen molar-refractivity contribution in [2.45, 2.75) is 25.3 Å². The molecule has 1 atom stereocenters. The lowest BCUT2D eigenvalue weighted by Crippen LogP contribution is -2.41. The standard InChI is InChI=1S/C15H18N2O5S/c1-17-14(18)9-12(15(17)19)16-23(20,21)7-5-10-2-3-13-11(8-10)4-6-22-13/h2-3,8,12,16H,4-7,9H2,1H3. The summed E-state index contributed by atoms with van der Waals surface area (Å²) in [4.78, 5) is 24.1. The molecule has 1 aromatic carbocycles. The Morgan fingerprint density at radius 1 is 1.35 bits per heavy atom. The van der Waals surface area contributed by atoms with Crippen LogP contribution in [-0.4, -0.2) is 50.6 Å². The first-order chi connectivity index (χ1) is 10.9. The SMILES string of the molecule is CN1C(=O)CC(NS(=O)(=O)CCc2ccc3c(c2)CCO3)C1=O. The smallest absolute Gasteiger partial charge is 0.247 e. The fourth-order valence-corrected chi connectivity index (χ4v) is 4.01. The van der Waals surface area contributed by atoms with Gasteiger partial charge in [-0.3, -0.25) is 14.5 Å². The van der Waals surface area contributed by atoms with E-state index < -0.39 is 22.0 Å². The number of benzene rings is 1. The van der Waals surface area contributed by atoms with Crippen molar-refractivity contribution in [1.29, 1.82) is 0 Å². The molecule has 2 amide bonds. The molecule has 3 rings (SSSR count). The zero-order valence-corrected chi connectivity index (χ0v) is 13.6. The van der Waals surface area contributed by atoms with E-state index in [0.717, 1.165) is 28.2 Å². The van der Waals surface area contributed by atoms with Crippen LogP contribution in [0.15, 0.2) is 18.2 Å². The normalized spacial score (nSPS) is 20.7. The molecule has 0 spiro atoms. The van der Waals surface area contributed by atoms with Crippen molar-refractivity contribution in [3.63, 3.8) is 0 Å². The van der Waals surface area contributed by atoms with Gasteiger partial charge in [0.25, 0.3) is 0 Å². The molecule has 7 nitrogen and oxygen atoms in total. The second-order valence-corrected chi connectivity index (χ2v) is 7.65. The van der Waals surface area contributed by atoms with Crippen molar-refractivity contribution in [1.82, 2.24) is 9.62 Å². The number of ether oxygens (including phenoxy) is 1. The second-order valence-electron chi connectivity index (χ2n) is 5.77. The number of fused-ring (bicyclic) bond motifs is 1. The van der Waals surface area contributed by atoms with Crippen molar-refractivity contribution >= 4 is 21.8 Å². The van der Waals surface area contributed by atoms with Crippen molar-refractivity contribution < 1.29 is 22.7 Å². The van der Waals surface area contributed by atoms with Gasteiger partial charge in [-0.15, -0.1) is 0 Å². The summed E-state index contributed by atoms with van der Waals surface area (Å²) < 4.78 is 32.0. The van der Waals surface area contributed by atoms with Gasteiger partial charge in [-0.2, -0.15) is 0 Å². The molecule has 0 aliphatic carbocycles. The van der Waals surface area contributed by atoms with Crippen LogP contribution in [-0.2, 0) is 32.5 Å². The monoisotopic (exact) mass is 338 g/mol. The lowest BCUT2D eigenvalue weighted by Gasteiger charge is -2.12. The Kier molecular flexibility index (Phi) is 4.11. The van der Waals surface area contributed by atoms with Gasteiger partial charge in [0.05, 0.1) is 18.8 Å². The van der Waals surface area contributed by atoms with Gasteiger partial charge in [0.15, 0.2) is 0 Å². The van der Waals surface area contributed by atoms with E-state index in [2.05, 4.69) is 4.72 Å². The van der Waals surface area contributed by atoms with Crippen LogP contribution in [0.25, 0.3) is 0 Å². The molecule has 1 unspecified atom stereocenters. The van der Waals surface area contributed by atoms with Crippen LogP contribution in [0.4, 0.5) is 0 Å². The molecule has 0 saturated carbocycles. The topological polar surface area (TPSA) is 92.8 Å². The minimum atomic E-state index is -3.64. The molecule has 1 fully saturated rings. The summed E-state index contributed by atoms with van der Waals surface area (Å²) in [5.41, 5.74) is 2.00. The summed E-state index contributed by atoms with van der Waals surface area (Å²) in [7, 11) is -2.29. The summed E-state index contributed by atoms with van der Waals surface area (Å²) in [6.45, 7) is 0.657. The first-order valence-corrected chi connectivity index (χ1v) is 9.06. The first-order valence-electron chi connectivity index (χ1n) is 7.41. The number of imide groups is 1. The van der Waals surface area contributed by atoms with Gasteiger partial charge >= 0.3 is 0 Å². The first kappa shape index (κ1) is 15.9. The zero-order valence-electron chi connectivity index (χ0n) is 12.7. The van der Waals surface area contributed by atoms with Crippen LogP contribution >= 0.6 is 0 Å². The van der Waals surface area contributed by atoms with Gasteiger partial charge in [-0.25, -0.2) is 13.1 Å². The molecular formula is C15H18N2O5S. The van der Waals surface area contributed by atoms with Gasteiger partial charge < -0.3 is 4.74 Å². The van der Waals surface area contributed by atoms with E-state index in [1.165, 1.54) is 7.05 Å². The van der Waals surface area contributed by atoms with E-state index in [9.17, 15) is 18.0 Å². The van der Waals surface area contributed by atoms with Crippen molar-refractivity contribution in [2.24, 2.45) is 0 Å². The van der Waals surface area contributed by atoms with Crippen LogP contribution < -0.4 is 9.46 Å². The number of amides is 2. The third kappa shape index (κ3) is 3.37. The van der Waals surface area contributed by atoms with Crippen LogP contribution in [0.3, 0.4) is 0 Å². The number of hydrogen-bond donors (Lipinski definition) is 1. The second kappa shape index (κ2) is 5.93. The number of hydrogen-bond acceptors (Lipinski definition) is 5.